The standard InChI is InChI=1S/C24H31FN2O2S/c1-17(2)13-26-24(29)19(4)27(14-20-11-9-18(3)10-12-20)23(28)16-30-15-21-7-5-6-8-22(21)25/h5-12,17,19H,13-16H2,1-4H3,(H,26,29)/t19-/m0/s1. The summed E-state index contributed by atoms with van der Waals surface area (Å²) >= 11 is 1.35. The zero-order valence-electron chi connectivity index (χ0n) is 18.2. The second kappa shape index (κ2) is 11.7. The van der Waals surface area contributed by atoms with Crippen LogP contribution in [0.25, 0.3) is 0 Å². The number of rotatable bonds is 10. The molecule has 0 aliphatic heterocycles. The molecule has 0 fully saturated rings. The zero-order chi connectivity index (χ0) is 22.1. The van der Waals surface area contributed by atoms with Crippen molar-refractivity contribution in [3.63, 3.8) is 0 Å². The molecular weight excluding hydrogens is 399 g/mol. The third kappa shape index (κ3) is 7.48. The van der Waals surface area contributed by atoms with E-state index in [1.165, 1.54) is 17.8 Å². The molecule has 6 heteroatoms. The quantitative estimate of drug-likeness (QED) is 0.601. The highest BCUT2D eigenvalue weighted by Crippen LogP contribution is 2.18. The molecule has 0 heterocycles. The van der Waals surface area contributed by atoms with Crippen LogP contribution in [0.1, 0.15) is 37.5 Å². The van der Waals surface area contributed by atoms with Crippen LogP contribution in [-0.4, -0.2) is 35.1 Å². The Kier molecular flexibility index (Phi) is 9.37. The van der Waals surface area contributed by atoms with E-state index in [-0.39, 0.29) is 23.4 Å². The number of hydrogen-bond donors (Lipinski definition) is 1. The van der Waals surface area contributed by atoms with Crippen molar-refractivity contribution >= 4 is 23.6 Å². The normalized spacial score (nSPS) is 11.9. The van der Waals surface area contributed by atoms with Crippen LogP contribution in [0.4, 0.5) is 4.39 Å². The van der Waals surface area contributed by atoms with E-state index in [2.05, 4.69) is 5.32 Å². The number of nitrogens with one attached hydrogen (secondary N) is 1. The third-order valence-corrected chi connectivity index (χ3v) is 5.73. The molecular formula is C24H31FN2O2S. The van der Waals surface area contributed by atoms with E-state index in [1.54, 1.807) is 30.0 Å². The van der Waals surface area contributed by atoms with Crippen molar-refractivity contribution in [2.24, 2.45) is 5.92 Å². The van der Waals surface area contributed by atoms with Gasteiger partial charge in [0.25, 0.3) is 0 Å². The summed E-state index contributed by atoms with van der Waals surface area (Å²) in [5.41, 5.74) is 2.68. The summed E-state index contributed by atoms with van der Waals surface area (Å²) in [7, 11) is 0. The highest BCUT2D eigenvalue weighted by atomic mass is 32.2. The number of benzene rings is 2. The van der Waals surface area contributed by atoms with Gasteiger partial charge in [-0.05, 0) is 37.0 Å². The fraction of sp³-hybridized carbons (Fsp3) is 0.417. The molecule has 0 aliphatic rings. The molecule has 2 rings (SSSR count). The van der Waals surface area contributed by atoms with E-state index < -0.39 is 6.04 Å². The molecule has 0 saturated carbocycles. The number of carbonyl (C=O) groups is 2. The number of halogens is 1. The van der Waals surface area contributed by atoms with Crippen molar-refractivity contribution in [2.45, 2.75) is 46.0 Å². The molecule has 0 spiro atoms. The maximum Gasteiger partial charge on any atom is 0.242 e. The van der Waals surface area contributed by atoms with Crippen molar-refractivity contribution in [2.75, 3.05) is 12.3 Å². The predicted molar refractivity (Wildman–Crippen MR) is 122 cm³/mol. The lowest BCUT2D eigenvalue weighted by molar-refractivity contribution is -0.138. The molecule has 2 aromatic carbocycles. The van der Waals surface area contributed by atoms with E-state index in [0.717, 1.165) is 11.1 Å². The first-order valence-electron chi connectivity index (χ1n) is 10.2. The molecule has 0 aliphatic carbocycles. The summed E-state index contributed by atoms with van der Waals surface area (Å²) in [6, 6.07) is 13.9. The first-order chi connectivity index (χ1) is 14.3. The van der Waals surface area contributed by atoms with Crippen molar-refractivity contribution < 1.29 is 14.0 Å². The van der Waals surface area contributed by atoms with Gasteiger partial charge in [-0.3, -0.25) is 9.59 Å². The lowest BCUT2D eigenvalue weighted by Gasteiger charge is -2.29. The molecule has 0 aromatic heterocycles. The van der Waals surface area contributed by atoms with Crippen LogP contribution in [0.3, 0.4) is 0 Å². The van der Waals surface area contributed by atoms with Crippen molar-refractivity contribution in [1.82, 2.24) is 10.2 Å². The van der Waals surface area contributed by atoms with Crippen LogP contribution in [0.5, 0.6) is 0 Å². The average molecular weight is 431 g/mol. The summed E-state index contributed by atoms with van der Waals surface area (Å²) in [5.74, 6) is 0.355. The van der Waals surface area contributed by atoms with Crippen LogP contribution in [0.2, 0.25) is 0 Å². The molecule has 0 saturated heterocycles. The van der Waals surface area contributed by atoms with Gasteiger partial charge in [-0.2, -0.15) is 0 Å². The molecule has 1 atom stereocenters. The average Bonchev–Trinajstić information content (AvgIpc) is 2.72. The Balaban J connectivity index is 2.06. The Hall–Kier alpha value is -2.34. The summed E-state index contributed by atoms with van der Waals surface area (Å²) < 4.78 is 13.8. The summed E-state index contributed by atoms with van der Waals surface area (Å²) in [4.78, 5) is 27.2. The molecule has 0 radical (unpaired) electrons. The Morgan fingerprint density at radius 3 is 2.37 bits per heavy atom. The van der Waals surface area contributed by atoms with Gasteiger partial charge in [-0.25, -0.2) is 4.39 Å². The number of hydrogen-bond acceptors (Lipinski definition) is 3. The largest absolute Gasteiger partial charge is 0.354 e. The predicted octanol–water partition coefficient (Wildman–Crippen LogP) is 4.56. The monoisotopic (exact) mass is 430 g/mol. The first-order valence-corrected chi connectivity index (χ1v) is 11.4. The van der Waals surface area contributed by atoms with Crippen LogP contribution in [0.15, 0.2) is 48.5 Å². The number of thioether (sulfide) groups is 1. The second-order valence-electron chi connectivity index (χ2n) is 7.91. The Morgan fingerprint density at radius 1 is 1.07 bits per heavy atom. The molecule has 162 valence electrons. The highest BCUT2D eigenvalue weighted by Gasteiger charge is 2.26. The smallest absolute Gasteiger partial charge is 0.242 e. The molecule has 0 bridgehead atoms. The number of carbonyl (C=O) groups excluding carboxylic acids is 2. The first kappa shape index (κ1) is 23.9. The lowest BCUT2D eigenvalue weighted by atomic mass is 10.1. The number of nitrogens with zero attached hydrogens (tertiary/aromatic N) is 1. The van der Waals surface area contributed by atoms with E-state index in [0.29, 0.717) is 30.3 Å². The van der Waals surface area contributed by atoms with Gasteiger partial charge in [-0.15, -0.1) is 11.8 Å². The summed E-state index contributed by atoms with van der Waals surface area (Å²) in [6.45, 7) is 8.74. The Bertz CT molecular complexity index is 839. The molecule has 30 heavy (non-hydrogen) atoms. The summed E-state index contributed by atoms with van der Waals surface area (Å²) in [5, 5.41) is 2.91. The van der Waals surface area contributed by atoms with Gasteiger partial charge in [0.2, 0.25) is 11.8 Å². The zero-order valence-corrected chi connectivity index (χ0v) is 19.0. The number of amides is 2. The maximum absolute atomic E-state index is 13.8. The van der Waals surface area contributed by atoms with Gasteiger partial charge in [0, 0.05) is 18.8 Å². The Morgan fingerprint density at radius 2 is 1.73 bits per heavy atom. The Labute approximate surface area is 183 Å². The minimum Gasteiger partial charge on any atom is -0.354 e. The fourth-order valence-electron chi connectivity index (χ4n) is 2.87. The van der Waals surface area contributed by atoms with Crippen LogP contribution < -0.4 is 5.32 Å². The van der Waals surface area contributed by atoms with E-state index in [1.807, 2.05) is 45.0 Å². The van der Waals surface area contributed by atoms with Gasteiger partial charge >= 0.3 is 0 Å². The van der Waals surface area contributed by atoms with E-state index in [9.17, 15) is 14.0 Å². The molecule has 4 nitrogen and oxygen atoms in total. The van der Waals surface area contributed by atoms with Gasteiger partial charge in [0.15, 0.2) is 0 Å². The number of aryl methyl sites for hydroxylation is 1. The van der Waals surface area contributed by atoms with Crippen molar-refractivity contribution in [3.05, 3.63) is 71.0 Å². The van der Waals surface area contributed by atoms with Gasteiger partial charge < -0.3 is 10.2 Å². The second-order valence-corrected chi connectivity index (χ2v) is 8.89. The SMILES string of the molecule is Cc1ccc(CN(C(=O)CSCc2ccccc2F)[C@@H](C)C(=O)NCC(C)C)cc1. The van der Waals surface area contributed by atoms with Crippen LogP contribution >= 0.6 is 11.8 Å². The molecule has 2 amide bonds. The van der Waals surface area contributed by atoms with Crippen LogP contribution in [0, 0.1) is 18.7 Å². The van der Waals surface area contributed by atoms with E-state index >= 15 is 0 Å². The topological polar surface area (TPSA) is 49.4 Å². The van der Waals surface area contributed by atoms with Crippen molar-refractivity contribution in [1.29, 1.82) is 0 Å². The summed E-state index contributed by atoms with van der Waals surface area (Å²) in [6.07, 6.45) is 0. The minimum atomic E-state index is -0.591. The lowest BCUT2D eigenvalue weighted by Crippen LogP contribution is -2.48. The molecule has 1 N–H and O–H groups in total. The molecule has 0 unspecified atom stereocenters. The van der Waals surface area contributed by atoms with Gasteiger partial charge in [0.1, 0.15) is 11.9 Å². The minimum absolute atomic E-state index is 0.135. The maximum atomic E-state index is 13.8. The highest BCUT2D eigenvalue weighted by molar-refractivity contribution is 7.99. The van der Waals surface area contributed by atoms with Crippen LogP contribution in [-0.2, 0) is 21.9 Å². The third-order valence-electron chi connectivity index (χ3n) is 4.77. The molecule has 2 aromatic rings. The van der Waals surface area contributed by atoms with E-state index in [4.69, 9.17) is 0 Å². The van der Waals surface area contributed by atoms with Gasteiger partial charge in [0.05, 0.1) is 5.75 Å². The van der Waals surface area contributed by atoms with Gasteiger partial charge in [-0.1, -0.05) is 61.9 Å². The fourth-order valence-corrected chi connectivity index (χ4v) is 3.77. The van der Waals surface area contributed by atoms with Crippen molar-refractivity contribution in [3.8, 4) is 0 Å².